The topological polar surface area (TPSA) is 33.0 Å². The van der Waals surface area contributed by atoms with Gasteiger partial charge in [-0.2, -0.15) is 5.26 Å². The van der Waals surface area contributed by atoms with Crippen molar-refractivity contribution in [2.75, 3.05) is 7.11 Å². The maximum Gasteiger partial charge on any atom is 0.138 e. The fourth-order valence-electron chi connectivity index (χ4n) is 0.848. The van der Waals surface area contributed by atoms with Gasteiger partial charge in [-0.15, -0.1) is 0 Å². The largest absolute Gasteiger partial charge is 0.496 e. The third kappa shape index (κ3) is 1.93. The zero-order valence-corrected chi connectivity index (χ0v) is 7.73. The van der Waals surface area contributed by atoms with E-state index in [9.17, 15) is 0 Å². The van der Waals surface area contributed by atoms with E-state index < -0.39 is 0 Å². The first-order valence-electron chi connectivity index (χ1n) is 3.40. The fourth-order valence-corrected chi connectivity index (χ4v) is 1.43. The van der Waals surface area contributed by atoms with Crippen molar-refractivity contribution in [3.8, 4) is 11.2 Å². The minimum atomic E-state index is 0.701. The van der Waals surface area contributed by atoms with E-state index in [-0.39, 0.29) is 0 Å². The van der Waals surface area contributed by atoms with Gasteiger partial charge in [0.05, 0.1) is 12.0 Å². The van der Waals surface area contributed by atoms with Crippen LogP contribution in [0.15, 0.2) is 17.0 Å². The van der Waals surface area contributed by atoms with Crippen LogP contribution in [0.5, 0.6) is 5.75 Å². The molecule has 1 aromatic carbocycles. The van der Waals surface area contributed by atoms with Gasteiger partial charge in [-0.1, -0.05) is 0 Å². The Morgan fingerprint density at radius 3 is 3.00 bits per heavy atom. The molecule has 1 rings (SSSR count). The molecule has 61 valence electrons. The summed E-state index contributed by atoms with van der Waals surface area (Å²) in [6.07, 6.45) is 0. The van der Waals surface area contributed by atoms with Crippen LogP contribution < -0.4 is 4.74 Å². The zero-order valence-electron chi connectivity index (χ0n) is 6.92. The minimum absolute atomic E-state index is 0.701. The molecular weight excluding hydrogens is 170 g/mol. The van der Waals surface area contributed by atoms with E-state index in [4.69, 9.17) is 10.00 Å². The highest BCUT2D eigenvalue weighted by molar-refractivity contribution is 8.03. The summed E-state index contributed by atoms with van der Waals surface area (Å²) in [7, 11) is 1.58. The van der Waals surface area contributed by atoms with E-state index in [2.05, 4.69) is 6.07 Å². The van der Waals surface area contributed by atoms with Gasteiger partial charge in [0.15, 0.2) is 0 Å². The lowest BCUT2D eigenvalue weighted by molar-refractivity contribution is 0.404. The van der Waals surface area contributed by atoms with Crippen LogP contribution in [0.2, 0.25) is 0 Å². The molecule has 0 bridgehead atoms. The lowest BCUT2D eigenvalue weighted by atomic mass is 10.2. The highest BCUT2D eigenvalue weighted by Crippen LogP contribution is 2.28. The maximum absolute atomic E-state index is 8.48. The molecule has 0 spiro atoms. The molecule has 0 saturated carbocycles. The van der Waals surface area contributed by atoms with Crippen molar-refractivity contribution in [3.05, 3.63) is 23.8 Å². The van der Waals surface area contributed by atoms with E-state index >= 15 is 0 Å². The summed E-state index contributed by atoms with van der Waals surface area (Å²) in [6, 6.07) is 6.63. The second-order valence-corrected chi connectivity index (χ2v) is 3.07. The van der Waals surface area contributed by atoms with E-state index in [0.717, 1.165) is 22.2 Å². The van der Waals surface area contributed by atoms with Crippen molar-refractivity contribution in [1.82, 2.24) is 0 Å². The van der Waals surface area contributed by atoms with E-state index in [1.54, 1.807) is 13.2 Å². The molecule has 0 aliphatic rings. The van der Waals surface area contributed by atoms with Crippen LogP contribution >= 0.6 is 11.8 Å². The van der Waals surface area contributed by atoms with Crippen LogP contribution in [0.1, 0.15) is 5.56 Å². The quantitative estimate of drug-likeness (QED) is 0.515. The van der Waals surface area contributed by atoms with Gasteiger partial charge in [-0.25, -0.2) is 0 Å². The Bertz CT molecular complexity index is 317. The molecule has 12 heavy (non-hydrogen) atoms. The normalized spacial score (nSPS) is 9.08. The fraction of sp³-hybridized carbons (Fsp3) is 0.222. The number of ether oxygens (including phenoxy) is 1. The summed E-state index contributed by atoms with van der Waals surface area (Å²) >= 11 is 1.10. The molecule has 0 aromatic heterocycles. The van der Waals surface area contributed by atoms with Gasteiger partial charge in [0, 0.05) is 0 Å². The summed E-state index contributed by atoms with van der Waals surface area (Å²) in [5.74, 6) is 0.701. The van der Waals surface area contributed by atoms with Crippen molar-refractivity contribution in [1.29, 1.82) is 5.26 Å². The standard InChI is InChI=1S/C9H8NOS/c1-7-3-4-8(11-2)9(5-7)12-6-10/h4-5H,1-2H3. The predicted octanol–water partition coefficient (Wildman–Crippen LogP) is 2.38. The molecule has 0 atom stereocenters. The van der Waals surface area contributed by atoms with Crippen molar-refractivity contribution >= 4 is 11.8 Å². The van der Waals surface area contributed by atoms with Gasteiger partial charge >= 0.3 is 0 Å². The SMILES string of the molecule is COc1c[c]c(C)cc1SC#N. The van der Waals surface area contributed by atoms with Crippen LogP contribution in [0, 0.1) is 23.7 Å². The van der Waals surface area contributed by atoms with Gasteiger partial charge in [0.25, 0.3) is 0 Å². The Morgan fingerprint density at radius 1 is 1.67 bits per heavy atom. The average Bonchev–Trinajstić information content (AvgIpc) is 2.05. The van der Waals surface area contributed by atoms with Crippen molar-refractivity contribution in [2.24, 2.45) is 0 Å². The molecule has 0 amide bonds. The highest BCUT2D eigenvalue weighted by atomic mass is 32.2. The molecule has 2 nitrogen and oxygen atoms in total. The molecule has 0 unspecified atom stereocenters. The lowest BCUT2D eigenvalue weighted by Gasteiger charge is -2.04. The monoisotopic (exact) mass is 178 g/mol. The van der Waals surface area contributed by atoms with Crippen LogP contribution in [0.3, 0.4) is 0 Å². The summed E-state index contributed by atoms with van der Waals surface area (Å²) in [5.41, 5.74) is 1.01. The molecule has 0 aliphatic carbocycles. The zero-order chi connectivity index (χ0) is 8.97. The number of methoxy groups -OCH3 is 1. The maximum atomic E-state index is 8.48. The molecular formula is C9H8NOS. The number of nitriles is 1. The third-order valence-electron chi connectivity index (χ3n) is 1.40. The summed E-state index contributed by atoms with van der Waals surface area (Å²) < 4.78 is 5.05. The molecule has 0 aliphatic heterocycles. The second-order valence-electron chi connectivity index (χ2n) is 2.24. The van der Waals surface area contributed by atoms with Gasteiger partial charge in [-0.3, -0.25) is 0 Å². The Labute approximate surface area is 76.2 Å². The first kappa shape index (κ1) is 8.95. The Hall–Kier alpha value is -1.14. The number of rotatable bonds is 2. The molecule has 3 heteroatoms. The highest BCUT2D eigenvalue weighted by Gasteiger charge is 2.02. The number of thiocyanates is 1. The predicted molar refractivity (Wildman–Crippen MR) is 48.0 cm³/mol. The van der Waals surface area contributed by atoms with Gasteiger partial charge in [0.1, 0.15) is 11.2 Å². The molecule has 0 N–H and O–H groups in total. The second kappa shape index (κ2) is 4.03. The molecule has 0 heterocycles. The molecule has 1 radical (unpaired) electrons. The molecule has 0 fully saturated rings. The van der Waals surface area contributed by atoms with Crippen LogP contribution in [0.25, 0.3) is 0 Å². The van der Waals surface area contributed by atoms with Crippen molar-refractivity contribution in [3.63, 3.8) is 0 Å². The Balaban J connectivity index is 3.05. The lowest BCUT2D eigenvalue weighted by Crippen LogP contribution is -1.86. The summed E-state index contributed by atoms with van der Waals surface area (Å²) in [6.45, 7) is 1.93. The minimum Gasteiger partial charge on any atom is -0.496 e. The molecule has 0 saturated heterocycles. The Morgan fingerprint density at radius 2 is 2.42 bits per heavy atom. The molecule has 1 aromatic rings. The number of hydrogen-bond donors (Lipinski definition) is 0. The third-order valence-corrected chi connectivity index (χ3v) is 2.03. The number of hydrogen-bond acceptors (Lipinski definition) is 3. The summed E-state index contributed by atoms with van der Waals surface area (Å²) in [4.78, 5) is 0.844. The first-order valence-corrected chi connectivity index (χ1v) is 4.22. The smallest absolute Gasteiger partial charge is 0.138 e. The first-order chi connectivity index (χ1) is 5.77. The summed E-state index contributed by atoms with van der Waals surface area (Å²) in [5, 5.41) is 10.5. The van der Waals surface area contributed by atoms with E-state index in [1.165, 1.54) is 0 Å². The number of nitrogens with zero attached hydrogens (tertiary/aromatic N) is 1. The number of benzene rings is 1. The van der Waals surface area contributed by atoms with Crippen molar-refractivity contribution < 1.29 is 4.74 Å². The van der Waals surface area contributed by atoms with Gasteiger partial charge < -0.3 is 4.74 Å². The van der Waals surface area contributed by atoms with Crippen LogP contribution in [0.4, 0.5) is 0 Å². The Kier molecular flexibility index (Phi) is 3.01. The van der Waals surface area contributed by atoms with Crippen LogP contribution in [-0.2, 0) is 0 Å². The van der Waals surface area contributed by atoms with Crippen LogP contribution in [-0.4, -0.2) is 7.11 Å². The average molecular weight is 178 g/mol. The van der Waals surface area contributed by atoms with E-state index in [1.807, 2.05) is 18.4 Å². The number of thioether (sulfide) groups is 1. The van der Waals surface area contributed by atoms with Gasteiger partial charge in [-0.05, 0) is 42.4 Å². The van der Waals surface area contributed by atoms with E-state index in [0.29, 0.717) is 5.75 Å². The number of aryl methyl sites for hydroxylation is 1. The van der Waals surface area contributed by atoms with Gasteiger partial charge in [0.2, 0.25) is 0 Å². The van der Waals surface area contributed by atoms with Crippen molar-refractivity contribution in [2.45, 2.75) is 11.8 Å².